The van der Waals surface area contributed by atoms with Crippen molar-refractivity contribution in [2.75, 3.05) is 0 Å². The molecule has 2 rings (SSSR count). The van der Waals surface area contributed by atoms with Crippen LogP contribution in [0.15, 0.2) is 22.3 Å². The fourth-order valence-corrected chi connectivity index (χ4v) is 2.14. The fourth-order valence-electron chi connectivity index (χ4n) is 1.37. The van der Waals surface area contributed by atoms with Crippen LogP contribution in [-0.2, 0) is 0 Å². The zero-order chi connectivity index (χ0) is 14.0. The standard InChI is InChI=1S/C12H12N4O2S/c1-6-7(2)13-12(14-8(6)3)19-10-5-4-9(11(17)18)15-16-10/h4-5H,1-3H3,(H,17,18). The Morgan fingerprint density at radius 3 is 2.21 bits per heavy atom. The van der Waals surface area contributed by atoms with E-state index in [1.54, 1.807) is 6.07 Å². The molecule has 0 amide bonds. The van der Waals surface area contributed by atoms with Crippen molar-refractivity contribution >= 4 is 17.7 Å². The van der Waals surface area contributed by atoms with Crippen LogP contribution < -0.4 is 0 Å². The number of carboxylic acids is 1. The van der Waals surface area contributed by atoms with E-state index in [1.165, 1.54) is 17.8 Å². The Morgan fingerprint density at radius 1 is 1.11 bits per heavy atom. The first-order chi connectivity index (χ1) is 8.97. The van der Waals surface area contributed by atoms with E-state index in [4.69, 9.17) is 5.11 Å². The van der Waals surface area contributed by atoms with Crippen molar-refractivity contribution in [3.63, 3.8) is 0 Å². The van der Waals surface area contributed by atoms with E-state index in [0.29, 0.717) is 10.2 Å². The number of aromatic carboxylic acids is 1. The van der Waals surface area contributed by atoms with Crippen LogP contribution >= 0.6 is 11.8 Å². The maximum atomic E-state index is 10.7. The Hall–Kier alpha value is -2.02. The van der Waals surface area contributed by atoms with Crippen molar-refractivity contribution in [3.8, 4) is 0 Å². The molecule has 0 saturated heterocycles. The average molecular weight is 276 g/mol. The Balaban J connectivity index is 2.24. The number of carbonyl (C=O) groups is 1. The summed E-state index contributed by atoms with van der Waals surface area (Å²) in [4.78, 5) is 19.4. The lowest BCUT2D eigenvalue weighted by molar-refractivity contribution is 0.0689. The first-order valence-electron chi connectivity index (χ1n) is 5.54. The second-order valence-corrected chi connectivity index (χ2v) is 4.95. The van der Waals surface area contributed by atoms with Crippen LogP contribution in [0.5, 0.6) is 0 Å². The molecular formula is C12H12N4O2S. The van der Waals surface area contributed by atoms with E-state index in [1.807, 2.05) is 20.8 Å². The third kappa shape index (κ3) is 3.05. The first-order valence-corrected chi connectivity index (χ1v) is 6.35. The summed E-state index contributed by atoms with van der Waals surface area (Å²) in [6, 6.07) is 3.00. The summed E-state index contributed by atoms with van der Waals surface area (Å²) in [5.74, 6) is -1.10. The quantitative estimate of drug-likeness (QED) is 0.858. The molecule has 19 heavy (non-hydrogen) atoms. The molecule has 2 aromatic heterocycles. The predicted octanol–water partition coefficient (Wildman–Crippen LogP) is 2.04. The maximum absolute atomic E-state index is 10.7. The molecule has 0 aliphatic heterocycles. The number of carboxylic acid groups (broad SMARTS) is 1. The van der Waals surface area contributed by atoms with Gasteiger partial charge in [-0.25, -0.2) is 14.8 Å². The number of hydrogen-bond acceptors (Lipinski definition) is 6. The van der Waals surface area contributed by atoms with Crippen molar-refractivity contribution in [1.29, 1.82) is 0 Å². The summed E-state index contributed by atoms with van der Waals surface area (Å²) in [6.45, 7) is 5.82. The van der Waals surface area contributed by atoms with E-state index in [9.17, 15) is 4.79 Å². The Labute approximate surface area is 114 Å². The van der Waals surface area contributed by atoms with Gasteiger partial charge in [0.15, 0.2) is 10.9 Å². The summed E-state index contributed by atoms with van der Waals surface area (Å²) < 4.78 is 0. The van der Waals surface area contributed by atoms with Crippen molar-refractivity contribution in [3.05, 3.63) is 34.8 Å². The molecule has 2 heterocycles. The number of aromatic nitrogens is 4. The highest BCUT2D eigenvalue weighted by Crippen LogP contribution is 2.23. The van der Waals surface area contributed by atoms with Gasteiger partial charge in [-0.05, 0) is 50.2 Å². The number of nitrogens with zero attached hydrogens (tertiary/aromatic N) is 4. The molecule has 0 fully saturated rings. The summed E-state index contributed by atoms with van der Waals surface area (Å²) in [7, 11) is 0. The topological polar surface area (TPSA) is 88.9 Å². The van der Waals surface area contributed by atoms with Gasteiger partial charge in [-0.1, -0.05) is 0 Å². The maximum Gasteiger partial charge on any atom is 0.356 e. The molecule has 0 radical (unpaired) electrons. The molecule has 0 aromatic carbocycles. The molecule has 0 spiro atoms. The molecule has 6 nitrogen and oxygen atoms in total. The molecule has 7 heteroatoms. The lowest BCUT2D eigenvalue weighted by Gasteiger charge is -2.05. The van der Waals surface area contributed by atoms with Crippen LogP contribution in [0.25, 0.3) is 0 Å². The first kappa shape index (κ1) is 13.4. The zero-order valence-corrected chi connectivity index (χ0v) is 11.5. The Bertz CT molecular complexity index is 605. The molecular weight excluding hydrogens is 264 g/mol. The molecule has 0 saturated carbocycles. The summed E-state index contributed by atoms with van der Waals surface area (Å²) in [6.07, 6.45) is 0. The van der Waals surface area contributed by atoms with Crippen LogP contribution in [0.4, 0.5) is 0 Å². The van der Waals surface area contributed by atoms with E-state index in [-0.39, 0.29) is 5.69 Å². The van der Waals surface area contributed by atoms with Crippen molar-refractivity contribution in [1.82, 2.24) is 20.2 Å². The Kier molecular flexibility index (Phi) is 3.75. The van der Waals surface area contributed by atoms with Gasteiger partial charge in [0.05, 0.1) is 0 Å². The summed E-state index contributed by atoms with van der Waals surface area (Å²) >= 11 is 1.26. The lowest BCUT2D eigenvalue weighted by atomic mass is 10.2. The minimum Gasteiger partial charge on any atom is -0.476 e. The van der Waals surface area contributed by atoms with Crippen LogP contribution in [0.1, 0.15) is 27.4 Å². The van der Waals surface area contributed by atoms with Crippen LogP contribution in [0, 0.1) is 20.8 Å². The lowest BCUT2D eigenvalue weighted by Crippen LogP contribution is -2.02. The molecule has 98 valence electrons. The molecule has 0 aliphatic rings. The van der Waals surface area contributed by atoms with Gasteiger partial charge in [0, 0.05) is 11.4 Å². The van der Waals surface area contributed by atoms with Crippen LogP contribution in [-0.4, -0.2) is 31.2 Å². The number of aryl methyl sites for hydroxylation is 2. The second kappa shape index (κ2) is 5.31. The normalized spacial score (nSPS) is 10.5. The van der Waals surface area contributed by atoms with Crippen molar-refractivity contribution in [2.45, 2.75) is 31.0 Å². The summed E-state index contributed by atoms with van der Waals surface area (Å²) in [5.41, 5.74) is 2.83. The van der Waals surface area contributed by atoms with Gasteiger partial charge in [0.25, 0.3) is 0 Å². The molecule has 1 N–H and O–H groups in total. The number of rotatable bonds is 3. The smallest absolute Gasteiger partial charge is 0.356 e. The molecule has 0 aliphatic carbocycles. The van der Waals surface area contributed by atoms with Gasteiger partial charge in [0.1, 0.15) is 5.03 Å². The second-order valence-electron chi connectivity index (χ2n) is 3.97. The SMILES string of the molecule is Cc1nc(Sc2ccc(C(=O)O)nn2)nc(C)c1C. The average Bonchev–Trinajstić information content (AvgIpc) is 2.36. The highest BCUT2D eigenvalue weighted by atomic mass is 32.2. The van der Waals surface area contributed by atoms with E-state index in [0.717, 1.165) is 17.0 Å². The molecule has 2 aromatic rings. The largest absolute Gasteiger partial charge is 0.476 e. The van der Waals surface area contributed by atoms with Gasteiger partial charge in [-0.15, -0.1) is 10.2 Å². The third-order valence-corrected chi connectivity index (χ3v) is 3.46. The molecule has 0 unspecified atom stereocenters. The minimum atomic E-state index is -1.10. The van der Waals surface area contributed by atoms with E-state index >= 15 is 0 Å². The predicted molar refractivity (Wildman–Crippen MR) is 69.4 cm³/mol. The molecule has 0 bridgehead atoms. The van der Waals surface area contributed by atoms with Crippen molar-refractivity contribution in [2.24, 2.45) is 0 Å². The number of hydrogen-bond donors (Lipinski definition) is 1. The fraction of sp³-hybridized carbons (Fsp3) is 0.250. The van der Waals surface area contributed by atoms with Gasteiger partial charge in [-0.3, -0.25) is 0 Å². The van der Waals surface area contributed by atoms with Crippen LogP contribution in [0.3, 0.4) is 0 Å². The van der Waals surface area contributed by atoms with E-state index < -0.39 is 5.97 Å². The highest BCUT2D eigenvalue weighted by molar-refractivity contribution is 7.99. The monoisotopic (exact) mass is 276 g/mol. The van der Waals surface area contributed by atoms with Gasteiger partial charge < -0.3 is 5.11 Å². The van der Waals surface area contributed by atoms with Crippen LogP contribution in [0.2, 0.25) is 0 Å². The Morgan fingerprint density at radius 2 is 1.74 bits per heavy atom. The highest BCUT2D eigenvalue weighted by Gasteiger charge is 2.09. The van der Waals surface area contributed by atoms with Crippen molar-refractivity contribution < 1.29 is 9.90 Å². The van der Waals surface area contributed by atoms with Gasteiger partial charge in [-0.2, -0.15) is 0 Å². The minimum absolute atomic E-state index is 0.0819. The summed E-state index contributed by atoms with van der Waals surface area (Å²) in [5, 5.41) is 17.3. The third-order valence-electron chi connectivity index (χ3n) is 2.67. The zero-order valence-electron chi connectivity index (χ0n) is 10.7. The van der Waals surface area contributed by atoms with E-state index in [2.05, 4.69) is 20.2 Å². The van der Waals surface area contributed by atoms with Gasteiger partial charge in [0.2, 0.25) is 0 Å². The van der Waals surface area contributed by atoms with Gasteiger partial charge >= 0.3 is 5.97 Å². The molecule has 0 atom stereocenters.